The number of rotatable bonds is 4. The Balaban J connectivity index is 1.77. The van der Waals surface area contributed by atoms with E-state index in [9.17, 15) is 9.59 Å². The van der Waals surface area contributed by atoms with Gasteiger partial charge >= 0.3 is 0 Å². The maximum absolute atomic E-state index is 13.6. The zero-order valence-electron chi connectivity index (χ0n) is 18.7. The molecule has 10 nitrogen and oxygen atoms in total. The van der Waals surface area contributed by atoms with Gasteiger partial charge in [0.25, 0.3) is 11.1 Å². The number of benzene rings is 1. The largest absolute Gasteiger partial charge is 0.368 e. The van der Waals surface area contributed by atoms with E-state index >= 15 is 0 Å². The molecule has 0 unspecified atom stereocenters. The van der Waals surface area contributed by atoms with Gasteiger partial charge in [-0.25, -0.2) is 9.50 Å². The Labute approximate surface area is 198 Å². The van der Waals surface area contributed by atoms with Crippen molar-refractivity contribution in [2.45, 2.75) is 19.4 Å². The molecule has 0 saturated carbocycles. The summed E-state index contributed by atoms with van der Waals surface area (Å²) in [6.45, 7) is 3.67. The van der Waals surface area contributed by atoms with E-state index in [4.69, 9.17) is 22.4 Å². The van der Waals surface area contributed by atoms with Gasteiger partial charge in [-0.05, 0) is 38.1 Å². The highest BCUT2D eigenvalue weighted by molar-refractivity contribution is 6.33. The minimum Gasteiger partial charge on any atom is -0.368 e. The van der Waals surface area contributed by atoms with E-state index in [1.54, 1.807) is 31.6 Å². The fraction of sp³-hybridized carbons (Fsp3) is 0.174. The van der Waals surface area contributed by atoms with Gasteiger partial charge in [0.15, 0.2) is 5.82 Å². The van der Waals surface area contributed by atoms with Gasteiger partial charge in [0.05, 0.1) is 21.8 Å². The van der Waals surface area contributed by atoms with Crippen LogP contribution in [0.5, 0.6) is 0 Å². The first kappa shape index (κ1) is 21.7. The maximum Gasteiger partial charge on any atom is 0.284 e. The number of pyridine rings is 1. The molecule has 0 spiro atoms. The lowest BCUT2D eigenvalue weighted by Gasteiger charge is -2.29. The highest BCUT2D eigenvalue weighted by atomic mass is 35.5. The molecule has 0 fully saturated rings. The van der Waals surface area contributed by atoms with Crippen LogP contribution in [0.15, 0.2) is 64.4 Å². The summed E-state index contributed by atoms with van der Waals surface area (Å²) < 4.78 is 4.39. The molecule has 4 heterocycles. The number of aromatic nitrogens is 6. The van der Waals surface area contributed by atoms with Crippen LogP contribution in [0.4, 0.5) is 11.8 Å². The van der Waals surface area contributed by atoms with E-state index in [0.29, 0.717) is 22.1 Å². The van der Waals surface area contributed by atoms with Gasteiger partial charge in [-0.1, -0.05) is 29.8 Å². The van der Waals surface area contributed by atoms with Crippen LogP contribution in [0.2, 0.25) is 5.02 Å². The highest BCUT2D eigenvalue weighted by Crippen LogP contribution is 2.28. The SMILES string of the molecule is Cn1ccc2nc(N)nc(NC(C)(C)c3nn4ccc(Cl)c4c(=O)n3-c3ccccc3)c2c1=O. The molecule has 5 aromatic rings. The number of hydrogen-bond acceptors (Lipinski definition) is 7. The van der Waals surface area contributed by atoms with Crippen LogP contribution in [-0.2, 0) is 12.6 Å². The molecule has 11 heteroatoms. The first-order valence-electron chi connectivity index (χ1n) is 10.4. The predicted octanol–water partition coefficient (Wildman–Crippen LogP) is 2.71. The number of nitrogen functional groups attached to an aromatic ring is 1. The van der Waals surface area contributed by atoms with Gasteiger partial charge in [0.2, 0.25) is 5.95 Å². The molecule has 0 bridgehead atoms. The molecule has 0 amide bonds. The van der Waals surface area contributed by atoms with E-state index < -0.39 is 5.54 Å². The van der Waals surface area contributed by atoms with Crippen LogP contribution in [0.1, 0.15) is 19.7 Å². The van der Waals surface area contributed by atoms with Gasteiger partial charge < -0.3 is 15.6 Å². The average Bonchev–Trinajstić information content (AvgIpc) is 3.17. The summed E-state index contributed by atoms with van der Waals surface area (Å²) >= 11 is 6.29. The molecule has 0 aliphatic carbocycles. The molecule has 1 aromatic carbocycles. The Morgan fingerprint density at radius 3 is 2.47 bits per heavy atom. The zero-order valence-corrected chi connectivity index (χ0v) is 19.4. The Bertz CT molecular complexity index is 1690. The Kier molecular flexibility index (Phi) is 4.90. The lowest BCUT2D eigenvalue weighted by atomic mass is 10.0. The summed E-state index contributed by atoms with van der Waals surface area (Å²) in [5, 5.41) is 8.59. The molecule has 0 atom stereocenters. The van der Waals surface area contributed by atoms with E-state index in [1.807, 2.05) is 44.2 Å². The van der Waals surface area contributed by atoms with Gasteiger partial charge in [0, 0.05) is 19.4 Å². The third-order valence-electron chi connectivity index (χ3n) is 5.59. The van der Waals surface area contributed by atoms with Crippen molar-refractivity contribution in [3.63, 3.8) is 0 Å². The zero-order chi connectivity index (χ0) is 24.2. The molecule has 0 aliphatic rings. The minimum atomic E-state index is -0.992. The highest BCUT2D eigenvalue weighted by Gasteiger charge is 2.31. The summed E-state index contributed by atoms with van der Waals surface area (Å²) in [6.07, 6.45) is 3.24. The normalized spacial score (nSPS) is 11.9. The summed E-state index contributed by atoms with van der Waals surface area (Å²) in [7, 11) is 1.64. The van der Waals surface area contributed by atoms with Crippen molar-refractivity contribution in [1.82, 2.24) is 28.7 Å². The number of halogens is 1. The van der Waals surface area contributed by atoms with Crippen molar-refractivity contribution in [3.05, 3.63) is 86.4 Å². The number of hydrogen-bond donors (Lipinski definition) is 2. The van der Waals surface area contributed by atoms with Crippen molar-refractivity contribution in [1.29, 1.82) is 0 Å². The molecule has 0 saturated heterocycles. The van der Waals surface area contributed by atoms with Crippen molar-refractivity contribution in [2.75, 3.05) is 11.1 Å². The maximum atomic E-state index is 13.6. The average molecular weight is 477 g/mol. The molecule has 4 aromatic heterocycles. The van der Waals surface area contributed by atoms with E-state index in [0.717, 1.165) is 0 Å². The molecule has 5 rings (SSSR count). The Morgan fingerprint density at radius 1 is 1.00 bits per heavy atom. The van der Waals surface area contributed by atoms with Gasteiger partial charge in [0.1, 0.15) is 16.7 Å². The van der Waals surface area contributed by atoms with Crippen LogP contribution in [0.3, 0.4) is 0 Å². The predicted molar refractivity (Wildman–Crippen MR) is 132 cm³/mol. The molecule has 172 valence electrons. The van der Waals surface area contributed by atoms with Gasteiger partial charge in [-0.3, -0.25) is 14.2 Å². The number of anilines is 2. The van der Waals surface area contributed by atoms with Crippen LogP contribution >= 0.6 is 11.6 Å². The second-order valence-corrected chi connectivity index (χ2v) is 8.84. The third kappa shape index (κ3) is 3.39. The van der Waals surface area contributed by atoms with E-state index in [-0.39, 0.29) is 33.8 Å². The Hall–Kier alpha value is -4.18. The number of nitrogens with zero attached hydrogens (tertiary/aromatic N) is 6. The fourth-order valence-corrected chi connectivity index (χ4v) is 4.17. The molecular weight excluding hydrogens is 456 g/mol. The summed E-state index contributed by atoms with van der Waals surface area (Å²) in [6, 6.07) is 12.5. The van der Waals surface area contributed by atoms with Crippen LogP contribution < -0.4 is 22.2 Å². The topological polar surface area (TPSA) is 125 Å². The number of aryl methyl sites for hydroxylation is 1. The lowest BCUT2D eigenvalue weighted by molar-refractivity contribution is 0.518. The number of nitrogens with two attached hydrogens (primary N) is 1. The standard InChI is InChI=1S/C23H21ClN8O2/c1-23(2,28-18-16-15(26-22(25)27-18)10-11-30(3)19(16)33)21-29-31-12-9-14(24)17(31)20(34)32(21)13-7-5-4-6-8-13/h4-12H,1-3H3,(H3,25,26,27,28). The lowest BCUT2D eigenvalue weighted by Crippen LogP contribution is -2.39. The smallest absolute Gasteiger partial charge is 0.284 e. The second-order valence-electron chi connectivity index (χ2n) is 8.43. The monoisotopic (exact) mass is 476 g/mol. The van der Waals surface area contributed by atoms with E-state index in [1.165, 1.54) is 13.6 Å². The summed E-state index contributed by atoms with van der Waals surface area (Å²) in [5.74, 6) is 0.634. The summed E-state index contributed by atoms with van der Waals surface area (Å²) in [4.78, 5) is 35.0. The molecular formula is C23H21ClN8O2. The van der Waals surface area contributed by atoms with Crippen LogP contribution in [0, 0.1) is 0 Å². The van der Waals surface area contributed by atoms with Gasteiger partial charge in [-0.15, -0.1) is 0 Å². The first-order chi connectivity index (χ1) is 16.2. The van der Waals surface area contributed by atoms with Crippen molar-refractivity contribution in [3.8, 4) is 5.69 Å². The molecule has 3 N–H and O–H groups in total. The van der Waals surface area contributed by atoms with E-state index in [2.05, 4.69) is 15.3 Å². The molecule has 0 aliphatic heterocycles. The van der Waals surface area contributed by atoms with Crippen molar-refractivity contribution in [2.24, 2.45) is 7.05 Å². The minimum absolute atomic E-state index is 0.0140. The summed E-state index contributed by atoms with van der Waals surface area (Å²) in [5.41, 5.74) is 5.62. The number of fused-ring (bicyclic) bond motifs is 2. The fourth-order valence-electron chi connectivity index (χ4n) is 3.95. The van der Waals surface area contributed by atoms with Gasteiger partial charge in [-0.2, -0.15) is 10.1 Å². The van der Waals surface area contributed by atoms with Crippen molar-refractivity contribution < 1.29 is 0 Å². The molecule has 34 heavy (non-hydrogen) atoms. The Morgan fingerprint density at radius 2 is 1.74 bits per heavy atom. The van der Waals surface area contributed by atoms with Crippen molar-refractivity contribution >= 4 is 39.8 Å². The third-order valence-corrected chi connectivity index (χ3v) is 5.89. The molecule has 0 radical (unpaired) electrons. The number of para-hydroxylation sites is 1. The second kappa shape index (κ2) is 7.70. The first-order valence-corrected chi connectivity index (χ1v) is 10.8. The quantitative estimate of drug-likeness (QED) is 0.408. The van der Waals surface area contributed by atoms with Crippen LogP contribution in [0.25, 0.3) is 22.1 Å². The van der Waals surface area contributed by atoms with Crippen LogP contribution in [-0.4, -0.2) is 28.7 Å². The number of nitrogens with one attached hydrogen (secondary N) is 1.